The molecule has 0 amide bonds. The van der Waals surface area contributed by atoms with Crippen molar-refractivity contribution in [1.82, 2.24) is 14.8 Å². The van der Waals surface area contributed by atoms with E-state index in [2.05, 4.69) is 48.3 Å². The van der Waals surface area contributed by atoms with Crippen LogP contribution >= 0.6 is 11.8 Å². The van der Waals surface area contributed by atoms with Crippen molar-refractivity contribution in [3.05, 3.63) is 59.7 Å². The largest absolute Gasteiger partial charge is 0.497 e. The number of benzene rings is 2. The Bertz CT molecular complexity index is 823. The van der Waals surface area contributed by atoms with Crippen LogP contribution in [-0.2, 0) is 12.8 Å². The highest BCUT2D eigenvalue weighted by molar-refractivity contribution is 7.98. The maximum Gasteiger partial charge on any atom is 0.191 e. The molecule has 0 fully saturated rings. The predicted octanol–water partition coefficient (Wildman–Crippen LogP) is 4.91. The summed E-state index contributed by atoms with van der Waals surface area (Å²) in [5, 5.41) is 9.60. The van der Waals surface area contributed by atoms with Crippen LogP contribution in [0.4, 0.5) is 0 Å². The Morgan fingerprint density at radius 1 is 1.00 bits per heavy atom. The molecule has 0 atom stereocenters. The smallest absolute Gasteiger partial charge is 0.191 e. The van der Waals surface area contributed by atoms with Gasteiger partial charge in [0, 0.05) is 18.4 Å². The van der Waals surface area contributed by atoms with E-state index in [1.54, 1.807) is 18.9 Å². The van der Waals surface area contributed by atoms with E-state index in [1.165, 1.54) is 11.1 Å². The lowest BCUT2D eigenvalue weighted by molar-refractivity contribution is 0.415. The minimum atomic E-state index is 0.562. The number of rotatable bonds is 6. The molecule has 4 nitrogen and oxygen atoms in total. The Morgan fingerprint density at radius 2 is 1.68 bits per heavy atom. The average Bonchev–Trinajstić information content (AvgIpc) is 3.01. The van der Waals surface area contributed by atoms with Gasteiger partial charge in [-0.2, -0.15) is 0 Å². The van der Waals surface area contributed by atoms with Crippen LogP contribution in [0.2, 0.25) is 0 Å². The van der Waals surface area contributed by atoms with E-state index in [9.17, 15) is 0 Å². The molecule has 0 aliphatic heterocycles. The third-order valence-electron chi connectivity index (χ3n) is 4.20. The molecule has 2 aromatic carbocycles. The molecule has 0 saturated carbocycles. The summed E-state index contributed by atoms with van der Waals surface area (Å²) in [5.74, 6) is 3.14. The van der Waals surface area contributed by atoms with Gasteiger partial charge in [-0.3, -0.25) is 0 Å². The first kappa shape index (κ1) is 17.5. The molecule has 3 aromatic rings. The summed E-state index contributed by atoms with van der Waals surface area (Å²) in [6, 6.07) is 16.7. The Kier molecular flexibility index (Phi) is 5.43. The summed E-state index contributed by atoms with van der Waals surface area (Å²) in [4.78, 5) is 0. The molecule has 0 saturated heterocycles. The Hall–Kier alpha value is -2.27. The van der Waals surface area contributed by atoms with Crippen molar-refractivity contribution in [2.24, 2.45) is 7.05 Å². The van der Waals surface area contributed by atoms with Crippen LogP contribution in [0.15, 0.2) is 53.7 Å². The molecule has 0 radical (unpaired) electrons. The monoisotopic (exact) mass is 353 g/mol. The standard InChI is InChI=1S/C20H23N3OS/c1-14(2)16-7-5-15(6-8-16)13-25-20-22-21-19(23(20)3)17-9-11-18(24-4)12-10-17/h5-12,14H,13H2,1-4H3. The second kappa shape index (κ2) is 7.74. The molecule has 0 unspecified atom stereocenters. The van der Waals surface area contributed by atoms with Crippen LogP contribution < -0.4 is 4.74 Å². The quantitative estimate of drug-likeness (QED) is 0.591. The van der Waals surface area contributed by atoms with Crippen LogP contribution in [0.25, 0.3) is 11.4 Å². The molecule has 25 heavy (non-hydrogen) atoms. The van der Waals surface area contributed by atoms with Crippen molar-refractivity contribution < 1.29 is 4.74 Å². The number of aromatic nitrogens is 3. The van der Waals surface area contributed by atoms with Gasteiger partial charge in [0.15, 0.2) is 11.0 Å². The van der Waals surface area contributed by atoms with Gasteiger partial charge < -0.3 is 9.30 Å². The van der Waals surface area contributed by atoms with Crippen LogP contribution in [0, 0.1) is 0 Å². The summed E-state index contributed by atoms with van der Waals surface area (Å²) in [7, 11) is 3.67. The van der Waals surface area contributed by atoms with Crippen LogP contribution in [0.1, 0.15) is 30.9 Å². The molecule has 0 aliphatic carbocycles. The summed E-state index contributed by atoms with van der Waals surface area (Å²) >= 11 is 1.70. The normalized spacial score (nSPS) is 11.1. The molecule has 130 valence electrons. The van der Waals surface area contributed by atoms with E-state index in [0.29, 0.717) is 5.92 Å². The average molecular weight is 353 g/mol. The minimum absolute atomic E-state index is 0.562. The van der Waals surface area contributed by atoms with Crippen molar-refractivity contribution in [2.75, 3.05) is 7.11 Å². The third-order valence-corrected chi connectivity index (χ3v) is 5.29. The summed E-state index contributed by atoms with van der Waals surface area (Å²) in [6.45, 7) is 4.42. The number of nitrogens with zero attached hydrogens (tertiary/aromatic N) is 3. The molecule has 0 aliphatic rings. The van der Waals surface area contributed by atoms with Gasteiger partial charge in [0.1, 0.15) is 5.75 Å². The molecule has 0 N–H and O–H groups in total. The van der Waals surface area contributed by atoms with Gasteiger partial charge >= 0.3 is 0 Å². The molecule has 1 heterocycles. The first-order valence-electron chi connectivity index (χ1n) is 8.34. The summed E-state index contributed by atoms with van der Waals surface area (Å²) in [5.41, 5.74) is 3.70. The molecular formula is C20H23N3OS. The van der Waals surface area contributed by atoms with Gasteiger partial charge in [-0.25, -0.2) is 0 Å². The Balaban J connectivity index is 1.70. The zero-order chi connectivity index (χ0) is 17.8. The molecular weight excluding hydrogens is 330 g/mol. The number of hydrogen-bond acceptors (Lipinski definition) is 4. The fourth-order valence-electron chi connectivity index (χ4n) is 2.58. The zero-order valence-electron chi connectivity index (χ0n) is 15.1. The number of ether oxygens (including phenoxy) is 1. The lowest BCUT2D eigenvalue weighted by Gasteiger charge is -2.07. The lowest BCUT2D eigenvalue weighted by Crippen LogP contribution is -1.95. The van der Waals surface area contributed by atoms with Crippen molar-refractivity contribution in [3.63, 3.8) is 0 Å². The van der Waals surface area contributed by atoms with Gasteiger partial charge in [-0.1, -0.05) is 49.9 Å². The van der Waals surface area contributed by atoms with E-state index in [0.717, 1.165) is 28.0 Å². The van der Waals surface area contributed by atoms with Gasteiger partial charge in [0.05, 0.1) is 7.11 Å². The summed E-state index contributed by atoms with van der Waals surface area (Å²) < 4.78 is 7.24. The number of hydrogen-bond donors (Lipinski definition) is 0. The van der Waals surface area contributed by atoms with Gasteiger partial charge in [-0.15, -0.1) is 10.2 Å². The van der Waals surface area contributed by atoms with Gasteiger partial charge in [0.2, 0.25) is 0 Å². The van der Waals surface area contributed by atoms with E-state index < -0.39 is 0 Å². The first-order chi connectivity index (χ1) is 12.1. The maximum atomic E-state index is 5.20. The molecule has 0 spiro atoms. The molecule has 0 bridgehead atoms. The van der Waals surface area contributed by atoms with Crippen molar-refractivity contribution in [2.45, 2.75) is 30.7 Å². The van der Waals surface area contributed by atoms with Gasteiger partial charge in [0.25, 0.3) is 0 Å². The Morgan fingerprint density at radius 3 is 2.28 bits per heavy atom. The van der Waals surface area contributed by atoms with Crippen LogP contribution in [0.5, 0.6) is 5.75 Å². The zero-order valence-corrected chi connectivity index (χ0v) is 15.9. The topological polar surface area (TPSA) is 39.9 Å². The first-order valence-corrected chi connectivity index (χ1v) is 9.32. The maximum absolute atomic E-state index is 5.20. The van der Waals surface area contributed by atoms with Crippen molar-refractivity contribution in [1.29, 1.82) is 0 Å². The fraction of sp³-hybridized carbons (Fsp3) is 0.300. The number of methoxy groups -OCH3 is 1. The third kappa shape index (κ3) is 4.04. The SMILES string of the molecule is COc1ccc(-c2nnc(SCc3ccc(C(C)C)cc3)n2C)cc1. The molecule has 5 heteroatoms. The molecule has 3 rings (SSSR count). The van der Waals surface area contributed by atoms with Gasteiger partial charge in [-0.05, 0) is 41.3 Å². The lowest BCUT2D eigenvalue weighted by atomic mass is 10.0. The van der Waals surface area contributed by atoms with Crippen molar-refractivity contribution in [3.8, 4) is 17.1 Å². The highest BCUT2D eigenvalue weighted by Gasteiger charge is 2.11. The van der Waals surface area contributed by atoms with E-state index in [-0.39, 0.29) is 0 Å². The van der Waals surface area contributed by atoms with E-state index >= 15 is 0 Å². The highest BCUT2D eigenvalue weighted by Crippen LogP contribution is 2.26. The molecule has 1 aromatic heterocycles. The second-order valence-electron chi connectivity index (χ2n) is 6.28. The number of thioether (sulfide) groups is 1. The van der Waals surface area contributed by atoms with Crippen LogP contribution in [0.3, 0.4) is 0 Å². The second-order valence-corrected chi connectivity index (χ2v) is 7.22. The van der Waals surface area contributed by atoms with Crippen LogP contribution in [-0.4, -0.2) is 21.9 Å². The highest BCUT2D eigenvalue weighted by atomic mass is 32.2. The van der Waals surface area contributed by atoms with Crippen molar-refractivity contribution >= 4 is 11.8 Å². The predicted molar refractivity (Wildman–Crippen MR) is 103 cm³/mol. The minimum Gasteiger partial charge on any atom is -0.497 e. The Labute approximate surface area is 153 Å². The fourth-order valence-corrected chi connectivity index (χ4v) is 3.45. The van der Waals surface area contributed by atoms with E-state index in [1.807, 2.05) is 35.9 Å². The summed E-state index contributed by atoms with van der Waals surface area (Å²) in [6.07, 6.45) is 0. The van der Waals surface area contributed by atoms with E-state index in [4.69, 9.17) is 4.74 Å².